The van der Waals surface area contributed by atoms with Crippen molar-refractivity contribution in [3.63, 3.8) is 0 Å². The Morgan fingerprint density at radius 3 is 2.85 bits per heavy atom. The molecule has 1 saturated heterocycles. The number of piperidine rings is 1. The maximum Gasteiger partial charge on any atom is 0.220 e. The Kier molecular flexibility index (Phi) is 6.04. The second kappa shape index (κ2) is 8.65. The second-order valence-corrected chi connectivity index (χ2v) is 6.97. The van der Waals surface area contributed by atoms with E-state index in [-0.39, 0.29) is 11.9 Å². The topological polar surface area (TPSA) is 61.4 Å². The molecule has 0 bridgehead atoms. The molecule has 1 fully saturated rings. The normalized spacial score (nSPS) is 17.0. The Bertz CT molecular complexity index is 719. The lowest BCUT2D eigenvalue weighted by molar-refractivity contribution is -0.121. The summed E-state index contributed by atoms with van der Waals surface area (Å²) in [6.45, 7) is 1.75. The standard InChI is InChI=1S/C20H27N5O/c1-24(2)18-13-19(22-15-21-18)25-12-6-9-17(14-25)23-20(26)11-10-16-7-4-3-5-8-16/h3-5,7-8,13,15,17H,6,9-12,14H2,1-2H3,(H,23,26)/t17-/m1/s1. The molecule has 1 amide bonds. The summed E-state index contributed by atoms with van der Waals surface area (Å²) >= 11 is 0. The number of amides is 1. The summed E-state index contributed by atoms with van der Waals surface area (Å²) in [5, 5.41) is 3.19. The van der Waals surface area contributed by atoms with Crippen molar-refractivity contribution in [3.05, 3.63) is 48.3 Å². The van der Waals surface area contributed by atoms with Crippen LogP contribution in [-0.4, -0.2) is 49.1 Å². The van der Waals surface area contributed by atoms with Gasteiger partial charge in [0.05, 0.1) is 0 Å². The predicted molar refractivity (Wildman–Crippen MR) is 104 cm³/mol. The van der Waals surface area contributed by atoms with E-state index in [0.29, 0.717) is 6.42 Å². The molecular formula is C20H27N5O. The monoisotopic (exact) mass is 353 g/mol. The highest BCUT2D eigenvalue weighted by Gasteiger charge is 2.22. The van der Waals surface area contributed by atoms with Gasteiger partial charge in [-0.3, -0.25) is 4.79 Å². The molecule has 0 saturated carbocycles. The largest absolute Gasteiger partial charge is 0.363 e. The lowest BCUT2D eigenvalue weighted by Crippen LogP contribution is -2.48. The Morgan fingerprint density at radius 1 is 1.27 bits per heavy atom. The Hall–Kier alpha value is -2.63. The zero-order chi connectivity index (χ0) is 18.4. The summed E-state index contributed by atoms with van der Waals surface area (Å²) in [5.41, 5.74) is 1.20. The number of anilines is 2. The molecule has 1 aromatic heterocycles. The van der Waals surface area contributed by atoms with Crippen LogP contribution in [-0.2, 0) is 11.2 Å². The van der Waals surface area contributed by atoms with Crippen LogP contribution in [0.5, 0.6) is 0 Å². The van der Waals surface area contributed by atoms with Gasteiger partial charge in [-0.25, -0.2) is 9.97 Å². The molecule has 1 atom stereocenters. The van der Waals surface area contributed by atoms with Crippen molar-refractivity contribution in [2.75, 3.05) is 37.0 Å². The Morgan fingerprint density at radius 2 is 2.08 bits per heavy atom. The van der Waals surface area contributed by atoms with Gasteiger partial charge < -0.3 is 15.1 Å². The average molecular weight is 353 g/mol. The van der Waals surface area contributed by atoms with Crippen molar-refractivity contribution in [1.29, 1.82) is 0 Å². The van der Waals surface area contributed by atoms with E-state index in [0.717, 1.165) is 44.0 Å². The number of aryl methyl sites for hydroxylation is 1. The number of hydrogen-bond acceptors (Lipinski definition) is 5. The molecule has 2 heterocycles. The summed E-state index contributed by atoms with van der Waals surface area (Å²) in [6.07, 6.45) is 4.97. The first-order valence-electron chi connectivity index (χ1n) is 9.19. The van der Waals surface area contributed by atoms with Crippen LogP contribution in [0.1, 0.15) is 24.8 Å². The minimum atomic E-state index is 0.123. The van der Waals surface area contributed by atoms with E-state index in [2.05, 4.69) is 32.3 Å². The van der Waals surface area contributed by atoms with Gasteiger partial charge in [0.1, 0.15) is 18.0 Å². The van der Waals surface area contributed by atoms with E-state index >= 15 is 0 Å². The number of hydrogen-bond donors (Lipinski definition) is 1. The molecular weight excluding hydrogens is 326 g/mol. The molecule has 0 spiro atoms. The van der Waals surface area contributed by atoms with E-state index < -0.39 is 0 Å². The van der Waals surface area contributed by atoms with E-state index in [1.54, 1.807) is 6.33 Å². The summed E-state index contributed by atoms with van der Waals surface area (Å²) in [6, 6.07) is 12.3. The average Bonchev–Trinajstić information content (AvgIpc) is 2.67. The number of nitrogens with zero attached hydrogens (tertiary/aromatic N) is 4. The third-order valence-corrected chi connectivity index (χ3v) is 4.69. The van der Waals surface area contributed by atoms with Crippen LogP contribution in [0.3, 0.4) is 0 Å². The van der Waals surface area contributed by atoms with Crippen molar-refractivity contribution < 1.29 is 4.79 Å². The second-order valence-electron chi connectivity index (χ2n) is 6.97. The third kappa shape index (κ3) is 4.94. The Balaban J connectivity index is 1.53. The smallest absolute Gasteiger partial charge is 0.220 e. The molecule has 0 aliphatic carbocycles. The van der Waals surface area contributed by atoms with Crippen LogP contribution in [0.4, 0.5) is 11.6 Å². The van der Waals surface area contributed by atoms with Gasteiger partial charge in [-0.2, -0.15) is 0 Å². The number of nitrogens with one attached hydrogen (secondary N) is 1. The lowest BCUT2D eigenvalue weighted by Gasteiger charge is -2.34. The first-order chi connectivity index (χ1) is 12.6. The molecule has 3 rings (SSSR count). The summed E-state index contributed by atoms with van der Waals surface area (Å²) in [5.74, 6) is 1.94. The number of benzene rings is 1. The molecule has 0 unspecified atom stereocenters. The highest BCUT2D eigenvalue weighted by molar-refractivity contribution is 5.76. The van der Waals surface area contributed by atoms with Crippen molar-refractivity contribution in [2.45, 2.75) is 31.7 Å². The van der Waals surface area contributed by atoms with E-state index in [4.69, 9.17) is 0 Å². The van der Waals surface area contributed by atoms with Crippen molar-refractivity contribution >= 4 is 17.5 Å². The SMILES string of the molecule is CN(C)c1cc(N2CCC[C@@H](NC(=O)CCc3ccccc3)C2)ncn1. The van der Waals surface area contributed by atoms with Crippen LogP contribution in [0.25, 0.3) is 0 Å². The van der Waals surface area contributed by atoms with Gasteiger partial charge in [-0.1, -0.05) is 30.3 Å². The first-order valence-corrected chi connectivity index (χ1v) is 9.19. The van der Waals surface area contributed by atoms with Gasteiger partial charge in [0, 0.05) is 45.7 Å². The highest BCUT2D eigenvalue weighted by atomic mass is 16.1. The number of carbonyl (C=O) groups excluding carboxylic acids is 1. The van der Waals surface area contributed by atoms with Crippen LogP contribution in [0, 0.1) is 0 Å². The first kappa shape index (κ1) is 18.2. The fourth-order valence-electron chi connectivity index (χ4n) is 3.26. The molecule has 0 radical (unpaired) electrons. The molecule has 1 aliphatic rings. The molecule has 1 aromatic carbocycles. The van der Waals surface area contributed by atoms with Gasteiger partial charge in [-0.05, 0) is 24.8 Å². The fraction of sp³-hybridized carbons (Fsp3) is 0.450. The molecule has 6 heteroatoms. The summed E-state index contributed by atoms with van der Waals surface area (Å²) in [4.78, 5) is 25.2. The Labute approximate surface area is 155 Å². The fourth-order valence-corrected chi connectivity index (χ4v) is 3.26. The lowest BCUT2D eigenvalue weighted by atomic mass is 10.0. The molecule has 1 aliphatic heterocycles. The molecule has 6 nitrogen and oxygen atoms in total. The van der Waals surface area contributed by atoms with Gasteiger partial charge in [-0.15, -0.1) is 0 Å². The molecule has 1 N–H and O–H groups in total. The van der Waals surface area contributed by atoms with Crippen LogP contribution >= 0.6 is 0 Å². The van der Waals surface area contributed by atoms with Crippen LogP contribution in [0.2, 0.25) is 0 Å². The molecule has 138 valence electrons. The van der Waals surface area contributed by atoms with Crippen LogP contribution in [0.15, 0.2) is 42.7 Å². The van der Waals surface area contributed by atoms with E-state index in [9.17, 15) is 4.79 Å². The van der Waals surface area contributed by atoms with Gasteiger partial charge in [0.15, 0.2) is 0 Å². The minimum absolute atomic E-state index is 0.123. The summed E-state index contributed by atoms with van der Waals surface area (Å²) in [7, 11) is 3.94. The number of carbonyl (C=O) groups is 1. The highest BCUT2D eigenvalue weighted by Crippen LogP contribution is 2.20. The zero-order valence-electron chi connectivity index (χ0n) is 15.6. The zero-order valence-corrected chi connectivity index (χ0v) is 15.6. The quantitative estimate of drug-likeness (QED) is 0.863. The van der Waals surface area contributed by atoms with Gasteiger partial charge in [0.25, 0.3) is 0 Å². The van der Waals surface area contributed by atoms with Gasteiger partial charge >= 0.3 is 0 Å². The van der Waals surface area contributed by atoms with Crippen LogP contribution < -0.4 is 15.1 Å². The summed E-state index contributed by atoms with van der Waals surface area (Å²) < 4.78 is 0. The number of rotatable bonds is 6. The van der Waals surface area contributed by atoms with Crippen molar-refractivity contribution in [1.82, 2.24) is 15.3 Å². The number of aromatic nitrogens is 2. The third-order valence-electron chi connectivity index (χ3n) is 4.69. The minimum Gasteiger partial charge on any atom is -0.363 e. The molecule has 2 aromatic rings. The van der Waals surface area contributed by atoms with Crippen molar-refractivity contribution in [2.24, 2.45) is 0 Å². The van der Waals surface area contributed by atoms with E-state index in [1.165, 1.54) is 5.56 Å². The van der Waals surface area contributed by atoms with Crippen molar-refractivity contribution in [3.8, 4) is 0 Å². The maximum absolute atomic E-state index is 12.3. The maximum atomic E-state index is 12.3. The van der Waals surface area contributed by atoms with E-state index in [1.807, 2.05) is 43.3 Å². The predicted octanol–water partition coefficient (Wildman–Crippen LogP) is 2.26. The molecule has 26 heavy (non-hydrogen) atoms. The van der Waals surface area contributed by atoms with Gasteiger partial charge in [0.2, 0.25) is 5.91 Å².